The Morgan fingerprint density at radius 1 is 1.35 bits per heavy atom. The third kappa shape index (κ3) is 3.71. The number of phosphoric acid groups is 1. The van der Waals surface area contributed by atoms with Gasteiger partial charge >= 0.3 is 0 Å². The number of rotatable bonds is 7. The number of imidazole rings is 1. The number of aliphatic hydroxyl groups is 2. The lowest BCUT2D eigenvalue weighted by Gasteiger charge is -2.24. The molecule has 3 heterocycles. The highest BCUT2D eigenvalue weighted by molar-refractivity contribution is 7.45. The van der Waals surface area contributed by atoms with Crippen molar-refractivity contribution in [2.24, 2.45) is 0 Å². The molecule has 0 spiro atoms. The molecule has 26 heavy (non-hydrogen) atoms. The summed E-state index contributed by atoms with van der Waals surface area (Å²) in [6.45, 7) is 1.22. The number of ether oxygens (including phenoxy) is 1. The highest BCUT2D eigenvalue weighted by atomic mass is 31.2. The van der Waals surface area contributed by atoms with Crippen LogP contribution in [0, 0.1) is 0 Å². The van der Waals surface area contributed by atoms with Gasteiger partial charge in [-0.3, -0.25) is 9.13 Å². The third-order valence-corrected chi connectivity index (χ3v) is 4.81. The number of aliphatic hydroxyl groups excluding tert-OH is 2. The summed E-state index contributed by atoms with van der Waals surface area (Å²) in [6.07, 6.45) is -1.84. The first-order chi connectivity index (χ1) is 12.3. The molecule has 12 nitrogen and oxygen atoms in total. The van der Waals surface area contributed by atoms with E-state index < -0.39 is 39.0 Å². The van der Waals surface area contributed by atoms with Crippen LogP contribution in [0.5, 0.6) is 0 Å². The van der Waals surface area contributed by atoms with Crippen LogP contribution in [0.2, 0.25) is 0 Å². The number of anilines is 1. The summed E-state index contributed by atoms with van der Waals surface area (Å²) in [6, 6.07) is 0. The average Bonchev–Trinajstić information content (AvgIpc) is 3.15. The molecule has 13 heteroatoms. The molecule has 0 bridgehead atoms. The molecule has 0 aromatic carbocycles. The van der Waals surface area contributed by atoms with Gasteiger partial charge in [-0.05, 0) is 6.42 Å². The first kappa shape index (κ1) is 19.1. The van der Waals surface area contributed by atoms with Crippen LogP contribution in [0.4, 0.5) is 5.82 Å². The summed E-state index contributed by atoms with van der Waals surface area (Å²) >= 11 is 0. The van der Waals surface area contributed by atoms with Gasteiger partial charge in [-0.15, -0.1) is 0 Å². The van der Waals surface area contributed by atoms with Crippen molar-refractivity contribution in [2.75, 3.05) is 18.9 Å². The Balaban J connectivity index is 1.73. The van der Waals surface area contributed by atoms with Crippen LogP contribution in [0.25, 0.3) is 11.2 Å². The lowest BCUT2D eigenvalue weighted by molar-refractivity contribution is -0.228. The monoisotopic (exact) mass is 388 g/mol. The quantitative estimate of drug-likeness (QED) is 0.492. The maximum atomic E-state index is 11.6. The van der Waals surface area contributed by atoms with Crippen molar-refractivity contribution in [3.63, 3.8) is 0 Å². The number of nitrogen functional groups attached to an aromatic ring is 1. The van der Waals surface area contributed by atoms with Crippen molar-refractivity contribution in [3.05, 3.63) is 12.7 Å². The fourth-order valence-electron chi connectivity index (χ4n) is 2.56. The molecular weight excluding hydrogens is 369 g/mol. The molecule has 1 unspecified atom stereocenters. The predicted octanol–water partition coefficient (Wildman–Crippen LogP) is -1.06. The van der Waals surface area contributed by atoms with Gasteiger partial charge in [0.1, 0.15) is 30.2 Å². The van der Waals surface area contributed by atoms with Crippen LogP contribution >= 0.6 is 7.82 Å². The number of aromatic nitrogens is 4. The zero-order valence-corrected chi connectivity index (χ0v) is 14.7. The molecule has 2 aromatic heterocycles. The zero-order valence-electron chi connectivity index (χ0n) is 13.8. The number of hydrogen-bond donors (Lipinski definition) is 3. The molecule has 4 N–H and O–H groups in total. The summed E-state index contributed by atoms with van der Waals surface area (Å²) in [5, 5.41) is 20.4. The first-order valence-electron chi connectivity index (χ1n) is 7.88. The standard InChI is InChI=1S/C13H20N5O7P/c1-2-3-23-26(21,22)24-4-7-9(19)10(20)13(25-7)18-6-17-8-11(14)15-5-16-12(8)18/h5-7,9-10,13,19-20H,2-4H2,1H3,(H,21,22)(H2,14,15,16)/p-1/t7-,9-,10-,13-/m1/s1. The van der Waals surface area contributed by atoms with E-state index in [1.165, 1.54) is 17.2 Å². The van der Waals surface area contributed by atoms with Crippen LogP contribution in [-0.2, 0) is 18.3 Å². The van der Waals surface area contributed by atoms with Crippen molar-refractivity contribution in [3.8, 4) is 0 Å². The number of hydrogen-bond acceptors (Lipinski definition) is 11. The van der Waals surface area contributed by atoms with Crippen molar-refractivity contribution >= 4 is 24.8 Å². The van der Waals surface area contributed by atoms with E-state index in [0.717, 1.165) is 0 Å². The van der Waals surface area contributed by atoms with Crippen molar-refractivity contribution in [1.29, 1.82) is 0 Å². The van der Waals surface area contributed by atoms with E-state index >= 15 is 0 Å². The van der Waals surface area contributed by atoms with E-state index in [1.807, 2.05) is 0 Å². The van der Waals surface area contributed by atoms with Gasteiger partial charge in [0, 0.05) is 0 Å². The second-order valence-corrected chi connectivity index (χ2v) is 7.12. The van der Waals surface area contributed by atoms with Gasteiger partial charge < -0.3 is 34.6 Å². The van der Waals surface area contributed by atoms with Crippen LogP contribution in [0.1, 0.15) is 19.6 Å². The normalized spacial score (nSPS) is 28.5. The molecule has 1 saturated heterocycles. The van der Waals surface area contributed by atoms with Gasteiger partial charge in [0.2, 0.25) is 0 Å². The molecule has 1 aliphatic heterocycles. The Bertz CT molecular complexity index is 817. The molecule has 2 aromatic rings. The lowest BCUT2D eigenvalue weighted by atomic mass is 10.1. The number of fused-ring (bicyclic) bond motifs is 1. The average molecular weight is 388 g/mol. The highest BCUT2D eigenvalue weighted by Crippen LogP contribution is 2.40. The van der Waals surface area contributed by atoms with Gasteiger partial charge in [-0.2, -0.15) is 0 Å². The van der Waals surface area contributed by atoms with E-state index in [9.17, 15) is 19.7 Å². The van der Waals surface area contributed by atoms with Crippen LogP contribution in [0.3, 0.4) is 0 Å². The van der Waals surface area contributed by atoms with Crippen LogP contribution < -0.4 is 10.6 Å². The van der Waals surface area contributed by atoms with E-state index in [0.29, 0.717) is 17.6 Å². The summed E-state index contributed by atoms with van der Waals surface area (Å²) in [5.41, 5.74) is 6.33. The van der Waals surface area contributed by atoms with Crippen molar-refractivity contribution < 1.29 is 33.5 Å². The summed E-state index contributed by atoms with van der Waals surface area (Å²) < 4.78 is 27.9. The largest absolute Gasteiger partial charge is 0.756 e. The zero-order chi connectivity index (χ0) is 18.9. The Hall–Kier alpha value is -1.66. The molecule has 1 aliphatic rings. The number of phosphoric ester groups is 1. The Morgan fingerprint density at radius 2 is 2.12 bits per heavy atom. The summed E-state index contributed by atoms with van der Waals surface area (Å²) in [4.78, 5) is 23.5. The van der Waals surface area contributed by atoms with Crippen LogP contribution in [-0.4, -0.2) is 61.3 Å². The smallest absolute Gasteiger partial charge is 0.267 e. The molecule has 0 saturated carbocycles. The van der Waals surface area contributed by atoms with Crippen molar-refractivity contribution in [1.82, 2.24) is 19.5 Å². The molecule has 144 valence electrons. The first-order valence-corrected chi connectivity index (χ1v) is 9.35. The molecule has 0 radical (unpaired) electrons. The maximum Gasteiger partial charge on any atom is 0.267 e. The minimum atomic E-state index is -4.51. The molecule has 1 fully saturated rings. The number of nitrogens with zero attached hydrogens (tertiary/aromatic N) is 4. The van der Waals surface area contributed by atoms with Gasteiger partial charge in [0.05, 0.1) is 19.5 Å². The summed E-state index contributed by atoms with van der Waals surface area (Å²) in [5.74, 6) is 0.155. The van der Waals surface area contributed by atoms with Gasteiger partial charge in [0.15, 0.2) is 17.7 Å². The Labute approximate surface area is 148 Å². The van der Waals surface area contributed by atoms with E-state index in [1.54, 1.807) is 6.92 Å². The Morgan fingerprint density at radius 3 is 2.85 bits per heavy atom. The lowest BCUT2D eigenvalue weighted by Crippen LogP contribution is -2.34. The third-order valence-electron chi connectivity index (χ3n) is 3.85. The molecule has 3 rings (SSSR count). The fourth-order valence-corrected chi connectivity index (χ4v) is 3.37. The maximum absolute atomic E-state index is 11.6. The number of nitrogens with two attached hydrogens (primary N) is 1. The molecule has 0 amide bonds. The second kappa shape index (κ2) is 7.53. The van der Waals surface area contributed by atoms with Gasteiger partial charge in [-0.25, -0.2) is 15.0 Å². The minimum Gasteiger partial charge on any atom is -0.756 e. The Kier molecular flexibility index (Phi) is 5.53. The molecule has 0 aliphatic carbocycles. The topological polar surface area (TPSA) is 178 Å². The SMILES string of the molecule is CCCOP(=O)([O-])OC[C@H]1O[C@@H](n2cnc3c(N)ncnc32)[C@H](O)[C@@H]1O. The van der Waals surface area contributed by atoms with E-state index in [4.69, 9.17) is 15.0 Å². The van der Waals surface area contributed by atoms with Crippen LogP contribution in [0.15, 0.2) is 12.7 Å². The van der Waals surface area contributed by atoms with E-state index in [-0.39, 0.29) is 12.4 Å². The van der Waals surface area contributed by atoms with Gasteiger partial charge in [0.25, 0.3) is 7.82 Å². The minimum absolute atomic E-state index is 0.0116. The van der Waals surface area contributed by atoms with Gasteiger partial charge in [-0.1, -0.05) is 6.92 Å². The van der Waals surface area contributed by atoms with E-state index in [2.05, 4.69) is 19.5 Å². The predicted molar refractivity (Wildman–Crippen MR) is 85.5 cm³/mol. The second-order valence-electron chi connectivity index (χ2n) is 5.71. The molecule has 5 atom stereocenters. The fraction of sp³-hybridized carbons (Fsp3) is 0.615. The summed E-state index contributed by atoms with van der Waals surface area (Å²) in [7, 11) is -4.51. The van der Waals surface area contributed by atoms with Crippen molar-refractivity contribution in [2.45, 2.75) is 37.9 Å². The molecular formula is C13H19N5O7P-. The highest BCUT2D eigenvalue weighted by Gasteiger charge is 2.44.